The van der Waals surface area contributed by atoms with E-state index in [1.807, 2.05) is 30.3 Å². The summed E-state index contributed by atoms with van der Waals surface area (Å²) < 4.78 is 13.3. The van der Waals surface area contributed by atoms with E-state index >= 15 is 0 Å². The first-order valence-electron chi connectivity index (χ1n) is 4.93. The van der Waals surface area contributed by atoms with Gasteiger partial charge in [0.2, 0.25) is 0 Å². The largest absolute Gasteiger partial charge is 0.283 e. The van der Waals surface area contributed by atoms with Gasteiger partial charge in [-0.3, -0.25) is 5.21 Å². The van der Waals surface area contributed by atoms with E-state index in [9.17, 15) is 9.60 Å². The third-order valence-electron chi connectivity index (χ3n) is 2.51. The zero-order valence-corrected chi connectivity index (χ0v) is 8.94. The summed E-state index contributed by atoms with van der Waals surface area (Å²) in [7, 11) is 0. The van der Waals surface area contributed by atoms with E-state index in [1.165, 1.54) is 6.08 Å². The smallest absolute Gasteiger partial charge is 0.149 e. The summed E-state index contributed by atoms with van der Waals surface area (Å²) in [5.41, 5.74) is 2.02. The Morgan fingerprint density at radius 1 is 1.25 bits per heavy atom. The highest BCUT2D eigenvalue weighted by Gasteiger charge is 2.22. The first-order chi connectivity index (χ1) is 7.61. The highest BCUT2D eigenvalue weighted by molar-refractivity contribution is 5.72. The Morgan fingerprint density at radius 3 is 2.50 bits per heavy atom. The van der Waals surface area contributed by atoms with Gasteiger partial charge < -0.3 is 0 Å². The third kappa shape index (κ3) is 1.66. The van der Waals surface area contributed by atoms with Crippen molar-refractivity contribution >= 4 is 5.70 Å². The van der Waals surface area contributed by atoms with Crippen molar-refractivity contribution in [1.82, 2.24) is 5.06 Å². The minimum Gasteiger partial charge on any atom is -0.283 e. The lowest BCUT2D eigenvalue weighted by atomic mass is 10.0. The number of allylic oxidation sites excluding steroid dienone is 3. The van der Waals surface area contributed by atoms with Crippen LogP contribution in [-0.4, -0.2) is 10.3 Å². The van der Waals surface area contributed by atoms with Gasteiger partial charge in [0, 0.05) is 5.56 Å². The number of rotatable bonds is 1. The second kappa shape index (κ2) is 3.94. The van der Waals surface area contributed by atoms with Gasteiger partial charge in [-0.05, 0) is 18.6 Å². The first kappa shape index (κ1) is 10.6. The Balaban J connectivity index is 2.55. The molecule has 0 saturated carbocycles. The molecule has 0 aliphatic carbocycles. The van der Waals surface area contributed by atoms with Gasteiger partial charge in [0.15, 0.2) is 0 Å². The van der Waals surface area contributed by atoms with E-state index in [0.29, 0.717) is 11.3 Å². The van der Waals surface area contributed by atoms with Crippen molar-refractivity contribution in [2.45, 2.75) is 6.92 Å². The third-order valence-corrected chi connectivity index (χ3v) is 2.51. The molecule has 16 heavy (non-hydrogen) atoms. The van der Waals surface area contributed by atoms with Crippen LogP contribution in [0.4, 0.5) is 4.39 Å². The van der Waals surface area contributed by atoms with E-state index in [0.717, 1.165) is 10.6 Å². The lowest BCUT2D eigenvalue weighted by Crippen LogP contribution is -2.20. The van der Waals surface area contributed by atoms with Crippen LogP contribution >= 0.6 is 0 Å². The van der Waals surface area contributed by atoms with Crippen LogP contribution in [0.2, 0.25) is 0 Å². The van der Waals surface area contributed by atoms with Crippen LogP contribution in [0, 0.1) is 0 Å². The molecule has 0 amide bonds. The number of nitrogens with zero attached hydrogens (tertiary/aromatic N) is 1. The van der Waals surface area contributed by atoms with Crippen LogP contribution in [0.25, 0.3) is 5.70 Å². The maximum atomic E-state index is 13.3. The molecule has 0 atom stereocenters. The normalized spacial score (nSPS) is 16.6. The molecular weight excluding hydrogens is 205 g/mol. The zero-order chi connectivity index (χ0) is 11.7. The Kier molecular flexibility index (Phi) is 2.62. The molecule has 1 aliphatic rings. The number of hydrogen-bond acceptors (Lipinski definition) is 2. The molecule has 1 aliphatic heterocycles. The van der Waals surface area contributed by atoms with Gasteiger partial charge in [0.05, 0.1) is 11.4 Å². The molecule has 2 nitrogen and oxygen atoms in total. The second-order valence-corrected chi connectivity index (χ2v) is 3.65. The first-order valence-corrected chi connectivity index (χ1v) is 4.93. The predicted molar refractivity (Wildman–Crippen MR) is 61.0 cm³/mol. The Labute approximate surface area is 93.6 Å². The van der Waals surface area contributed by atoms with Crippen LogP contribution in [0.3, 0.4) is 0 Å². The monoisotopic (exact) mass is 217 g/mol. The topological polar surface area (TPSA) is 23.5 Å². The van der Waals surface area contributed by atoms with E-state index in [2.05, 4.69) is 6.58 Å². The molecule has 3 heteroatoms. The van der Waals surface area contributed by atoms with Gasteiger partial charge in [0.25, 0.3) is 0 Å². The summed E-state index contributed by atoms with van der Waals surface area (Å²) in [5.74, 6) is -0.514. The fourth-order valence-electron chi connectivity index (χ4n) is 1.69. The molecule has 1 aromatic rings. The zero-order valence-electron chi connectivity index (χ0n) is 8.94. The Morgan fingerprint density at radius 2 is 1.88 bits per heavy atom. The summed E-state index contributed by atoms with van der Waals surface area (Å²) >= 11 is 0. The Hall–Kier alpha value is -1.87. The quantitative estimate of drug-likeness (QED) is 0.778. The van der Waals surface area contributed by atoms with Crippen molar-refractivity contribution in [1.29, 1.82) is 0 Å². The van der Waals surface area contributed by atoms with Crippen LogP contribution in [-0.2, 0) is 0 Å². The molecule has 0 radical (unpaired) electrons. The van der Waals surface area contributed by atoms with Gasteiger partial charge in [-0.1, -0.05) is 36.9 Å². The van der Waals surface area contributed by atoms with Crippen molar-refractivity contribution in [3.05, 3.63) is 65.6 Å². The van der Waals surface area contributed by atoms with Crippen molar-refractivity contribution in [2.24, 2.45) is 0 Å². The van der Waals surface area contributed by atoms with Crippen LogP contribution < -0.4 is 0 Å². The van der Waals surface area contributed by atoms with Gasteiger partial charge in [-0.25, -0.2) is 9.45 Å². The predicted octanol–water partition coefficient (Wildman–Crippen LogP) is 3.49. The molecule has 0 spiro atoms. The molecule has 2 rings (SSSR count). The molecule has 0 unspecified atom stereocenters. The Bertz CT molecular complexity index is 488. The SMILES string of the molecule is C=C1C(F)=CC(C)=C(c2ccccc2)N1O. The average molecular weight is 217 g/mol. The second-order valence-electron chi connectivity index (χ2n) is 3.65. The van der Waals surface area contributed by atoms with Gasteiger partial charge >= 0.3 is 0 Å². The lowest BCUT2D eigenvalue weighted by molar-refractivity contribution is 0.00831. The lowest BCUT2D eigenvalue weighted by Gasteiger charge is -2.26. The summed E-state index contributed by atoms with van der Waals surface area (Å²) in [4.78, 5) is 0. The van der Waals surface area contributed by atoms with E-state index in [1.54, 1.807) is 6.92 Å². The van der Waals surface area contributed by atoms with Crippen molar-refractivity contribution < 1.29 is 9.60 Å². The summed E-state index contributed by atoms with van der Waals surface area (Å²) in [6.45, 7) is 5.23. The minimum atomic E-state index is -0.514. The summed E-state index contributed by atoms with van der Waals surface area (Å²) in [6.07, 6.45) is 1.37. The summed E-state index contributed by atoms with van der Waals surface area (Å²) in [5, 5.41) is 10.6. The average Bonchev–Trinajstić information content (AvgIpc) is 2.28. The van der Waals surface area contributed by atoms with Crippen molar-refractivity contribution in [2.75, 3.05) is 0 Å². The van der Waals surface area contributed by atoms with Gasteiger partial charge in [-0.2, -0.15) is 0 Å². The van der Waals surface area contributed by atoms with Crippen LogP contribution in [0.1, 0.15) is 12.5 Å². The van der Waals surface area contributed by atoms with E-state index < -0.39 is 5.83 Å². The van der Waals surface area contributed by atoms with Crippen molar-refractivity contribution in [3.8, 4) is 0 Å². The number of halogens is 1. The maximum Gasteiger partial charge on any atom is 0.149 e. The molecule has 82 valence electrons. The molecule has 0 aromatic heterocycles. The number of hydroxylamine groups is 2. The standard InChI is InChI=1S/C13H12FNO/c1-9-8-12(14)10(2)15(16)13(9)11-6-4-3-5-7-11/h3-8,16H,2H2,1H3. The fraction of sp³-hybridized carbons (Fsp3) is 0.0769. The molecular formula is C13H12FNO. The highest BCUT2D eigenvalue weighted by atomic mass is 19.1. The number of benzene rings is 1. The van der Waals surface area contributed by atoms with Crippen LogP contribution in [0.15, 0.2) is 60.1 Å². The fourth-order valence-corrected chi connectivity index (χ4v) is 1.69. The molecule has 0 fully saturated rings. The molecule has 1 aromatic carbocycles. The minimum absolute atomic E-state index is 0.0375. The number of hydrogen-bond donors (Lipinski definition) is 1. The molecule has 0 bridgehead atoms. The maximum absolute atomic E-state index is 13.3. The van der Waals surface area contributed by atoms with E-state index in [4.69, 9.17) is 0 Å². The molecule has 1 heterocycles. The van der Waals surface area contributed by atoms with Crippen molar-refractivity contribution in [3.63, 3.8) is 0 Å². The van der Waals surface area contributed by atoms with Crippen LogP contribution in [0.5, 0.6) is 0 Å². The van der Waals surface area contributed by atoms with Gasteiger partial charge in [0.1, 0.15) is 5.83 Å². The van der Waals surface area contributed by atoms with E-state index in [-0.39, 0.29) is 5.70 Å². The van der Waals surface area contributed by atoms with Gasteiger partial charge in [-0.15, -0.1) is 0 Å². The molecule has 0 saturated heterocycles. The molecule has 1 N–H and O–H groups in total. The summed E-state index contributed by atoms with van der Waals surface area (Å²) in [6, 6.07) is 9.32. The highest BCUT2D eigenvalue weighted by Crippen LogP contribution is 2.33.